The van der Waals surface area contributed by atoms with E-state index in [1.807, 2.05) is 36.6 Å². The van der Waals surface area contributed by atoms with Gasteiger partial charge in [0.05, 0.1) is 12.7 Å². The molecule has 0 spiro atoms. The van der Waals surface area contributed by atoms with E-state index in [2.05, 4.69) is 58.1 Å². The minimum atomic E-state index is 0.769. The Morgan fingerprint density at radius 3 is 2.42 bits per heavy atom. The Kier molecular flexibility index (Phi) is 4.05. The van der Waals surface area contributed by atoms with Gasteiger partial charge in [-0.05, 0) is 60.0 Å². The van der Waals surface area contributed by atoms with Crippen LogP contribution in [0.3, 0.4) is 0 Å². The van der Waals surface area contributed by atoms with Crippen molar-refractivity contribution in [1.82, 2.24) is 14.6 Å². The second-order valence-electron chi connectivity index (χ2n) is 6.20. The van der Waals surface area contributed by atoms with Crippen LogP contribution in [0.2, 0.25) is 0 Å². The van der Waals surface area contributed by atoms with E-state index in [9.17, 15) is 0 Å². The van der Waals surface area contributed by atoms with Crippen molar-refractivity contribution in [3.63, 3.8) is 0 Å². The number of hydrogen-bond acceptors (Lipinski definition) is 4. The van der Waals surface area contributed by atoms with Gasteiger partial charge in [0.1, 0.15) is 5.75 Å². The van der Waals surface area contributed by atoms with Crippen LogP contribution in [0.25, 0.3) is 28.2 Å². The van der Waals surface area contributed by atoms with E-state index < -0.39 is 0 Å². The molecule has 0 amide bonds. The summed E-state index contributed by atoms with van der Waals surface area (Å²) in [5.74, 6) is 1.56. The molecule has 1 N–H and O–H groups in total. The fourth-order valence-electron chi connectivity index (χ4n) is 3.06. The zero-order valence-corrected chi connectivity index (χ0v) is 15.0. The van der Waals surface area contributed by atoms with Crippen LogP contribution in [-0.2, 0) is 0 Å². The molecular formula is C21H20N4O. The predicted molar refractivity (Wildman–Crippen MR) is 105 cm³/mol. The first-order valence-electron chi connectivity index (χ1n) is 8.47. The van der Waals surface area contributed by atoms with Crippen LogP contribution in [0.5, 0.6) is 5.75 Å². The van der Waals surface area contributed by atoms with E-state index in [1.54, 1.807) is 7.11 Å². The van der Waals surface area contributed by atoms with Gasteiger partial charge in [-0.1, -0.05) is 18.2 Å². The number of nitrogens with one attached hydrogen (secondary N) is 1. The van der Waals surface area contributed by atoms with E-state index in [0.717, 1.165) is 45.2 Å². The number of aromatic nitrogens is 3. The summed E-state index contributed by atoms with van der Waals surface area (Å²) >= 11 is 0. The molecule has 2 aromatic heterocycles. The Hall–Kier alpha value is -3.34. The van der Waals surface area contributed by atoms with Gasteiger partial charge in [0.15, 0.2) is 11.5 Å². The first-order valence-corrected chi connectivity index (χ1v) is 8.47. The summed E-state index contributed by atoms with van der Waals surface area (Å²) in [6.45, 7) is 2.04. The summed E-state index contributed by atoms with van der Waals surface area (Å²) < 4.78 is 7.56. The van der Waals surface area contributed by atoms with E-state index >= 15 is 0 Å². The molecule has 0 aliphatic heterocycles. The largest absolute Gasteiger partial charge is 0.496 e. The third-order valence-electron chi connectivity index (χ3n) is 4.51. The summed E-state index contributed by atoms with van der Waals surface area (Å²) in [6, 6.07) is 18.5. The van der Waals surface area contributed by atoms with Crippen molar-refractivity contribution in [2.75, 3.05) is 19.5 Å². The molecule has 4 rings (SSSR count). The van der Waals surface area contributed by atoms with Crippen molar-refractivity contribution in [1.29, 1.82) is 0 Å². The smallest absolute Gasteiger partial charge is 0.172 e. The average Bonchev–Trinajstić information content (AvgIpc) is 3.11. The highest BCUT2D eigenvalue weighted by Gasteiger charge is 2.14. The monoisotopic (exact) mass is 344 g/mol. The van der Waals surface area contributed by atoms with Crippen LogP contribution < -0.4 is 10.1 Å². The Balaban J connectivity index is 1.85. The fraction of sp³-hybridized carbons (Fsp3) is 0.143. The molecule has 130 valence electrons. The van der Waals surface area contributed by atoms with Gasteiger partial charge in [-0.25, -0.2) is 0 Å². The zero-order valence-electron chi connectivity index (χ0n) is 15.0. The number of anilines is 1. The highest BCUT2D eigenvalue weighted by molar-refractivity contribution is 5.71. The van der Waals surface area contributed by atoms with Crippen LogP contribution in [0.1, 0.15) is 5.56 Å². The molecule has 2 heterocycles. The number of benzene rings is 2. The highest BCUT2D eigenvalue weighted by atomic mass is 16.5. The number of rotatable bonds is 4. The topological polar surface area (TPSA) is 51.5 Å². The molecule has 0 aliphatic rings. The van der Waals surface area contributed by atoms with Crippen LogP contribution >= 0.6 is 0 Å². The van der Waals surface area contributed by atoms with Gasteiger partial charge in [-0.3, -0.25) is 4.40 Å². The van der Waals surface area contributed by atoms with E-state index in [4.69, 9.17) is 4.74 Å². The van der Waals surface area contributed by atoms with Gasteiger partial charge < -0.3 is 10.1 Å². The van der Waals surface area contributed by atoms with E-state index in [0.29, 0.717) is 0 Å². The normalized spacial score (nSPS) is 10.9. The van der Waals surface area contributed by atoms with Crippen molar-refractivity contribution < 1.29 is 4.74 Å². The quantitative estimate of drug-likeness (QED) is 0.595. The molecule has 5 nitrogen and oxygen atoms in total. The molecule has 5 heteroatoms. The van der Waals surface area contributed by atoms with Gasteiger partial charge in [0.2, 0.25) is 0 Å². The number of aryl methyl sites for hydroxylation is 1. The summed E-state index contributed by atoms with van der Waals surface area (Å²) in [4.78, 5) is 0. The lowest BCUT2D eigenvalue weighted by atomic mass is 10.1. The third kappa shape index (κ3) is 2.77. The SMILES string of the molecule is CNc1ccc(-c2ccc3nnc(-c4ccc(C)cc4OC)n3c2)cc1. The summed E-state index contributed by atoms with van der Waals surface area (Å²) in [5.41, 5.74) is 6.20. The number of fused-ring (bicyclic) bond motifs is 1. The fourth-order valence-corrected chi connectivity index (χ4v) is 3.06. The predicted octanol–water partition coefficient (Wildman–Crippen LogP) is 4.42. The number of ether oxygens (including phenoxy) is 1. The molecule has 0 atom stereocenters. The average molecular weight is 344 g/mol. The number of pyridine rings is 1. The maximum Gasteiger partial charge on any atom is 0.172 e. The van der Waals surface area contributed by atoms with Crippen LogP contribution in [0.4, 0.5) is 5.69 Å². The first-order chi connectivity index (χ1) is 12.7. The molecule has 4 aromatic rings. The van der Waals surface area contributed by atoms with Gasteiger partial charge in [-0.15, -0.1) is 10.2 Å². The molecule has 0 radical (unpaired) electrons. The Labute approximate surface area is 152 Å². The summed E-state index contributed by atoms with van der Waals surface area (Å²) in [7, 11) is 3.59. The molecule has 0 saturated carbocycles. The van der Waals surface area contributed by atoms with Gasteiger partial charge in [0.25, 0.3) is 0 Å². The molecule has 26 heavy (non-hydrogen) atoms. The Bertz CT molecular complexity index is 1070. The minimum Gasteiger partial charge on any atom is -0.496 e. The van der Waals surface area contributed by atoms with Crippen molar-refractivity contribution in [2.45, 2.75) is 6.92 Å². The zero-order chi connectivity index (χ0) is 18.1. The van der Waals surface area contributed by atoms with Gasteiger partial charge >= 0.3 is 0 Å². The number of methoxy groups -OCH3 is 1. The highest BCUT2D eigenvalue weighted by Crippen LogP contribution is 2.31. The third-order valence-corrected chi connectivity index (χ3v) is 4.51. The molecule has 0 bridgehead atoms. The van der Waals surface area contributed by atoms with Gasteiger partial charge in [-0.2, -0.15) is 0 Å². The molecule has 2 aromatic carbocycles. The molecular weight excluding hydrogens is 324 g/mol. The maximum atomic E-state index is 5.55. The summed E-state index contributed by atoms with van der Waals surface area (Å²) in [5, 5.41) is 11.8. The van der Waals surface area contributed by atoms with Gasteiger partial charge in [0, 0.05) is 18.9 Å². The van der Waals surface area contributed by atoms with E-state index in [1.165, 1.54) is 0 Å². The maximum absolute atomic E-state index is 5.55. The standard InChI is InChI=1S/C21H20N4O/c1-14-4-10-18(19(12-14)26-3)21-24-23-20-11-7-16(13-25(20)21)15-5-8-17(22-2)9-6-15/h4-13,22H,1-3H3. The lowest BCUT2D eigenvalue weighted by Crippen LogP contribution is -1.95. The lowest BCUT2D eigenvalue weighted by molar-refractivity contribution is 0.416. The van der Waals surface area contributed by atoms with Crippen molar-refractivity contribution in [3.8, 4) is 28.3 Å². The second kappa shape index (κ2) is 6.52. The molecule has 0 aliphatic carbocycles. The summed E-state index contributed by atoms with van der Waals surface area (Å²) in [6.07, 6.45) is 2.07. The number of nitrogens with zero attached hydrogens (tertiary/aromatic N) is 3. The van der Waals surface area contributed by atoms with Crippen molar-refractivity contribution >= 4 is 11.3 Å². The lowest BCUT2D eigenvalue weighted by Gasteiger charge is -2.09. The van der Waals surface area contributed by atoms with E-state index in [-0.39, 0.29) is 0 Å². The molecule has 0 unspecified atom stereocenters. The van der Waals surface area contributed by atoms with Crippen LogP contribution in [-0.4, -0.2) is 28.8 Å². The number of hydrogen-bond donors (Lipinski definition) is 1. The second-order valence-corrected chi connectivity index (χ2v) is 6.20. The van der Waals surface area contributed by atoms with Crippen molar-refractivity contribution in [3.05, 3.63) is 66.4 Å². The molecule has 0 saturated heterocycles. The Morgan fingerprint density at radius 2 is 1.69 bits per heavy atom. The van der Waals surface area contributed by atoms with Crippen LogP contribution in [0, 0.1) is 6.92 Å². The minimum absolute atomic E-state index is 0.769. The van der Waals surface area contributed by atoms with Crippen LogP contribution in [0.15, 0.2) is 60.8 Å². The molecule has 0 fully saturated rings. The van der Waals surface area contributed by atoms with Crippen molar-refractivity contribution in [2.24, 2.45) is 0 Å². The Morgan fingerprint density at radius 1 is 0.923 bits per heavy atom. The first kappa shape index (κ1) is 16.1.